The van der Waals surface area contributed by atoms with Gasteiger partial charge in [0.05, 0.1) is 0 Å². The number of nitrogens with one attached hydrogen (secondary N) is 1. The van der Waals surface area contributed by atoms with E-state index in [2.05, 4.69) is 61.3 Å². The molecule has 1 N–H and O–H groups in total. The van der Waals surface area contributed by atoms with Crippen molar-refractivity contribution in [3.8, 4) is 0 Å². The molecule has 0 saturated carbocycles. The zero-order chi connectivity index (χ0) is 13.7. The lowest BCUT2D eigenvalue weighted by Gasteiger charge is -2.39. The first-order chi connectivity index (χ1) is 9.18. The topological polar surface area (TPSA) is 15.3 Å². The predicted molar refractivity (Wildman–Crippen MR) is 82.5 cm³/mol. The van der Waals surface area contributed by atoms with E-state index in [0.29, 0.717) is 12.0 Å². The van der Waals surface area contributed by atoms with Crippen molar-refractivity contribution in [3.05, 3.63) is 35.9 Å². The summed E-state index contributed by atoms with van der Waals surface area (Å²) < 4.78 is 0. The molecule has 19 heavy (non-hydrogen) atoms. The maximum atomic E-state index is 3.52. The van der Waals surface area contributed by atoms with Crippen molar-refractivity contribution in [1.29, 1.82) is 0 Å². The standard InChI is InChI=1S/C17H28N2/c1-14(2)17-13-18-10-12-19(17)11-9-15(3)16-7-5-4-6-8-16/h4-8,14-15,17-18H,9-13H2,1-3H3. The van der Waals surface area contributed by atoms with Crippen LogP contribution < -0.4 is 5.32 Å². The summed E-state index contributed by atoms with van der Waals surface area (Å²) in [6, 6.07) is 11.6. The Morgan fingerprint density at radius 3 is 2.63 bits per heavy atom. The van der Waals surface area contributed by atoms with Gasteiger partial charge in [-0.15, -0.1) is 0 Å². The number of hydrogen-bond acceptors (Lipinski definition) is 2. The summed E-state index contributed by atoms with van der Waals surface area (Å²) >= 11 is 0. The van der Waals surface area contributed by atoms with E-state index < -0.39 is 0 Å². The van der Waals surface area contributed by atoms with Crippen LogP contribution in [0, 0.1) is 5.92 Å². The molecule has 1 heterocycles. The number of benzene rings is 1. The minimum Gasteiger partial charge on any atom is -0.314 e. The SMILES string of the molecule is CC(CCN1CCNCC1C(C)C)c1ccccc1. The number of hydrogen-bond donors (Lipinski definition) is 1. The summed E-state index contributed by atoms with van der Waals surface area (Å²) in [5, 5.41) is 3.52. The van der Waals surface area contributed by atoms with E-state index in [9.17, 15) is 0 Å². The van der Waals surface area contributed by atoms with Gasteiger partial charge in [0.15, 0.2) is 0 Å². The molecule has 106 valence electrons. The van der Waals surface area contributed by atoms with Crippen LogP contribution >= 0.6 is 0 Å². The molecule has 0 radical (unpaired) electrons. The lowest BCUT2D eigenvalue weighted by molar-refractivity contribution is 0.121. The summed E-state index contributed by atoms with van der Waals surface area (Å²) in [5.74, 6) is 1.39. The predicted octanol–water partition coefficient (Wildman–Crippen LogP) is 3.11. The van der Waals surface area contributed by atoms with Crippen molar-refractivity contribution in [2.24, 2.45) is 5.92 Å². The molecule has 2 nitrogen and oxygen atoms in total. The maximum Gasteiger partial charge on any atom is 0.0244 e. The smallest absolute Gasteiger partial charge is 0.0244 e. The molecular weight excluding hydrogens is 232 g/mol. The first-order valence-corrected chi connectivity index (χ1v) is 7.68. The highest BCUT2D eigenvalue weighted by atomic mass is 15.2. The third-order valence-corrected chi connectivity index (χ3v) is 4.39. The highest BCUT2D eigenvalue weighted by molar-refractivity contribution is 5.18. The van der Waals surface area contributed by atoms with Crippen LogP contribution in [0.1, 0.15) is 38.7 Å². The second-order valence-electron chi connectivity index (χ2n) is 6.15. The first kappa shape index (κ1) is 14.5. The molecule has 2 atom stereocenters. The highest BCUT2D eigenvalue weighted by Crippen LogP contribution is 2.21. The molecular formula is C17H28N2. The molecule has 1 aliphatic heterocycles. The minimum absolute atomic E-state index is 0.656. The normalized spacial score (nSPS) is 22.6. The van der Waals surface area contributed by atoms with Gasteiger partial charge in [-0.05, 0) is 30.4 Å². The van der Waals surface area contributed by atoms with Crippen molar-refractivity contribution in [1.82, 2.24) is 10.2 Å². The molecule has 2 unspecified atom stereocenters. The Bertz CT molecular complexity index is 361. The largest absolute Gasteiger partial charge is 0.314 e. The molecule has 0 aliphatic carbocycles. The summed E-state index contributed by atoms with van der Waals surface area (Å²) in [6.07, 6.45) is 1.26. The average Bonchev–Trinajstić information content (AvgIpc) is 2.46. The summed E-state index contributed by atoms with van der Waals surface area (Å²) in [5.41, 5.74) is 1.47. The third kappa shape index (κ3) is 4.05. The number of nitrogens with zero attached hydrogens (tertiary/aromatic N) is 1. The van der Waals surface area contributed by atoms with Crippen LogP contribution in [0.15, 0.2) is 30.3 Å². The Morgan fingerprint density at radius 1 is 1.21 bits per heavy atom. The van der Waals surface area contributed by atoms with Gasteiger partial charge in [0, 0.05) is 25.7 Å². The van der Waals surface area contributed by atoms with Crippen LogP contribution in [0.2, 0.25) is 0 Å². The van der Waals surface area contributed by atoms with Crippen molar-refractivity contribution < 1.29 is 0 Å². The number of rotatable bonds is 5. The second kappa shape index (κ2) is 7.06. The van der Waals surface area contributed by atoms with Gasteiger partial charge in [-0.3, -0.25) is 4.90 Å². The Kier molecular flexibility index (Phi) is 5.41. The summed E-state index contributed by atoms with van der Waals surface area (Å²) in [7, 11) is 0. The molecule has 1 fully saturated rings. The van der Waals surface area contributed by atoms with Crippen LogP contribution in [0.3, 0.4) is 0 Å². The fraction of sp³-hybridized carbons (Fsp3) is 0.647. The van der Waals surface area contributed by atoms with Crippen LogP contribution in [-0.2, 0) is 0 Å². The van der Waals surface area contributed by atoms with Crippen LogP contribution in [0.5, 0.6) is 0 Å². The highest BCUT2D eigenvalue weighted by Gasteiger charge is 2.24. The molecule has 1 saturated heterocycles. The van der Waals surface area contributed by atoms with E-state index in [-0.39, 0.29) is 0 Å². The molecule has 0 bridgehead atoms. The first-order valence-electron chi connectivity index (χ1n) is 7.68. The fourth-order valence-corrected chi connectivity index (χ4v) is 3.01. The van der Waals surface area contributed by atoms with Crippen molar-refractivity contribution in [3.63, 3.8) is 0 Å². The van der Waals surface area contributed by atoms with Crippen molar-refractivity contribution in [2.75, 3.05) is 26.2 Å². The summed E-state index contributed by atoms with van der Waals surface area (Å²) in [6.45, 7) is 11.7. The monoisotopic (exact) mass is 260 g/mol. The number of piperazine rings is 1. The van der Waals surface area contributed by atoms with Crippen LogP contribution in [-0.4, -0.2) is 37.1 Å². The van der Waals surface area contributed by atoms with E-state index >= 15 is 0 Å². The Hall–Kier alpha value is -0.860. The third-order valence-electron chi connectivity index (χ3n) is 4.39. The molecule has 1 aromatic carbocycles. The Balaban J connectivity index is 1.87. The molecule has 2 heteroatoms. The van der Waals surface area contributed by atoms with E-state index in [4.69, 9.17) is 0 Å². The lowest BCUT2D eigenvalue weighted by Crippen LogP contribution is -2.53. The van der Waals surface area contributed by atoms with Gasteiger partial charge in [-0.2, -0.15) is 0 Å². The zero-order valence-corrected chi connectivity index (χ0v) is 12.6. The van der Waals surface area contributed by atoms with E-state index in [1.165, 1.54) is 25.1 Å². The van der Waals surface area contributed by atoms with Gasteiger partial charge >= 0.3 is 0 Å². The fourth-order valence-electron chi connectivity index (χ4n) is 3.01. The molecule has 1 aromatic rings. The van der Waals surface area contributed by atoms with Gasteiger partial charge in [-0.25, -0.2) is 0 Å². The Labute approximate surface area is 118 Å². The zero-order valence-electron chi connectivity index (χ0n) is 12.6. The summed E-state index contributed by atoms with van der Waals surface area (Å²) in [4.78, 5) is 2.68. The van der Waals surface area contributed by atoms with Crippen molar-refractivity contribution >= 4 is 0 Å². The van der Waals surface area contributed by atoms with E-state index in [1.807, 2.05) is 0 Å². The van der Waals surface area contributed by atoms with Gasteiger partial charge < -0.3 is 5.32 Å². The molecule has 0 amide bonds. The average molecular weight is 260 g/mol. The van der Waals surface area contributed by atoms with Crippen molar-refractivity contribution in [2.45, 2.75) is 39.2 Å². The molecule has 1 aliphatic rings. The van der Waals surface area contributed by atoms with Crippen LogP contribution in [0.25, 0.3) is 0 Å². The lowest BCUT2D eigenvalue weighted by atomic mass is 9.95. The van der Waals surface area contributed by atoms with Gasteiger partial charge in [0.1, 0.15) is 0 Å². The van der Waals surface area contributed by atoms with Gasteiger partial charge in [-0.1, -0.05) is 51.1 Å². The van der Waals surface area contributed by atoms with Gasteiger partial charge in [0.25, 0.3) is 0 Å². The minimum atomic E-state index is 0.656. The van der Waals surface area contributed by atoms with Gasteiger partial charge in [0.2, 0.25) is 0 Å². The molecule has 0 spiro atoms. The van der Waals surface area contributed by atoms with E-state index in [0.717, 1.165) is 19.0 Å². The second-order valence-corrected chi connectivity index (χ2v) is 6.15. The Morgan fingerprint density at radius 2 is 1.95 bits per heavy atom. The van der Waals surface area contributed by atoms with E-state index in [1.54, 1.807) is 0 Å². The molecule has 2 rings (SSSR count). The van der Waals surface area contributed by atoms with Crippen LogP contribution in [0.4, 0.5) is 0 Å². The quantitative estimate of drug-likeness (QED) is 0.875. The molecule has 0 aromatic heterocycles. The maximum absolute atomic E-state index is 3.52.